The Kier molecular flexibility index (Phi) is 8.62. The average Bonchev–Trinajstić information content (AvgIpc) is 3.47. The lowest BCUT2D eigenvalue weighted by molar-refractivity contribution is -0.133. The van der Waals surface area contributed by atoms with Gasteiger partial charge in [0.25, 0.3) is 5.91 Å². The molecule has 30 heavy (non-hydrogen) atoms. The Hall–Kier alpha value is -2.48. The number of amides is 2. The van der Waals surface area contributed by atoms with E-state index in [0.717, 1.165) is 10.4 Å². The largest absolute Gasteiger partial charge is 0.385 e. The maximum Gasteiger partial charge on any atom is 0.264 e. The molecule has 0 aliphatic rings. The highest BCUT2D eigenvalue weighted by Gasteiger charge is 2.23. The zero-order valence-electron chi connectivity index (χ0n) is 17.0. The minimum atomic E-state index is -0.106. The molecule has 1 aromatic carbocycles. The number of carbonyl (C=O) groups is 2. The first-order valence-electron chi connectivity index (χ1n) is 9.83. The van der Waals surface area contributed by atoms with Crippen molar-refractivity contribution in [1.29, 1.82) is 0 Å². The van der Waals surface area contributed by atoms with E-state index in [1.807, 2.05) is 64.2 Å². The molecule has 0 saturated heterocycles. The molecule has 0 unspecified atom stereocenters. The lowest BCUT2D eigenvalue weighted by Crippen LogP contribution is -2.42. The summed E-state index contributed by atoms with van der Waals surface area (Å²) in [5, 5.41) is 3.89. The predicted molar refractivity (Wildman–Crippen MR) is 122 cm³/mol. The number of thiophene rings is 2. The molecule has 158 valence electrons. The van der Waals surface area contributed by atoms with Gasteiger partial charge in [-0.05, 0) is 34.9 Å². The van der Waals surface area contributed by atoms with Gasteiger partial charge in [-0.25, -0.2) is 0 Å². The minimum Gasteiger partial charge on any atom is -0.385 e. The molecule has 3 rings (SSSR count). The maximum absolute atomic E-state index is 13.3. The number of ether oxygens (including phenoxy) is 1. The fraction of sp³-hybridized carbons (Fsp3) is 0.304. The summed E-state index contributed by atoms with van der Waals surface area (Å²) >= 11 is 3.02. The van der Waals surface area contributed by atoms with E-state index in [2.05, 4.69) is 0 Å². The maximum atomic E-state index is 13.3. The quantitative estimate of drug-likeness (QED) is 0.410. The smallest absolute Gasteiger partial charge is 0.264 e. The first kappa shape index (κ1) is 22.2. The minimum absolute atomic E-state index is 0.0542. The second kappa shape index (κ2) is 11.6. The van der Waals surface area contributed by atoms with Crippen molar-refractivity contribution in [2.45, 2.75) is 19.5 Å². The zero-order chi connectivity index (χ0) is 21.2. The van der Waals surface area contributed by atoms with Crippen LogP contribution in [0, 0.1) is 0 Å². The van der Waals surface area contributed by atoms with Gasteiger partial charge in [0.1, 0.15) is 6.54 Å². The number of rotatable bonds is 11. The normalized spacial score (nSPS) is 10.7. The van der Waals surface area contributed by atoms with Crippen LogP contribution in [-0.2, 0) is 22.6 Å². The third kappa shape index (κ3) is 6.52. The molecule has 0 bridgehead atoms. The summed E-state index contributed by atoms with van der Waals surface area (Å²) in [6, 6.07) is 17.6. The van der Waals surface area contributed by atoms with Crippen LogP contribution in [0.5, 0.6) is 0 Å². The Morgan fingerprint density at radius 3 is 2.33 bits per heavy atom. The van der Waals surface area contributed by atoms with Crippen molar-refractivity contribution in [2.75, 3.05) is 26.8 Å². The molecule has 2 heterocycles. The molecule has 0 spiro atoms. The van der Waals surface area contributed by atoms with Crippen LogP contribution in [-0.4, -0.2) is 48.4 Å². The first-order chi connectivity index (χ1) is 14.7. The Labute approximate surface area is 185 Å². The number of benzene rings is 1. The number of hydrogen-bond donors (Lipinski definition) is 0. The molecule has 3 aromatic rings. The van der Waals surface area contributed by atoms with Gasteiger partial charge < -0.3 is 14.5 Å². The van der Waals surface area contributed by atoms with Gasteiger partial charge in [-0.15, -0.1) is 22.7 Å². The molecule has 5 nitrogen and oxygen atoms in total. The SMILES string of the molecule is COCCCN(CC(=O)N(Cc1ccccc1)Cc1cccs1)C(=O)c1cccs1. The van der Waals surface area contributed by atoms with Gasteiger partial charge in [-0.3, -0.25) is 9.59 Å². The molecule has 0 aliphatic carbocycles. The highest BCUT2D eigenvalue weighted by Crippen LogP contribution is 2.17. The number of nitrogens with zero attached hydrogens (tertiary/aromatic N) is 2. The van der Waals surface area contributed by atoms with E-state index in [1.54, 1.807) is 29.4 Å². The van der Waals surface area contributed by atoms with Crippen LogP contribution in [0.3, 0.4) is 0 Å². The molecule has 0 saturated carbocycles. The van der Waals surface area contributed by atoms with Gasteiger partial charge in [0, 0.05) is 31.7 Å². The summed E-state index contributed by atoms with van der Waals surface area (Å²) in [7, 11) is 1.64. The molecule has 2 aromatic heterocycles. The highest BCUT2D eigenvalue weighted by atomic mass is 32.1. The molecule has 0 N–H and O–H groups in total. The second-order valence-electron chi connectivity index (χ2n) is 6.87. The van der Waals surface area contributed by atoms with Gasteiger partial charge in [-0.2, -0.15) is 0 Å². The molecule has 0 atom stereocenters. The van der Waals surface area contributed by atoms with Crippen LogP contribution in [0.4, 0.5) is 0 Å². The van der Waals surface area contributed by atoms with E-state index in [4.69, 9.17) is 4.74 Å². The van der Waals surface area contributed by atoms with Crippen molar-refractivity contribution in [2.24, 2.45) is 0 Å². The van der Waals surface area contributed by atoms with E-state index in [0.29, 0.717) is 37.5 Å². The summed E-state index contributed by atoms with van der Waals surface area (Å²) in [6.07, 6.45) is 0.685. The Morgan fingerprint density at radius 1 is 0.900 bits per heavy atom. The molecular weight excluding hydrogens is 416 g/mol. The van der Waals surface area contributed by atoms with Crippen molar-refractivity contribution < 1.29 is 14.3 Å². The Balaban J connectivity index is 1.74. The van der Waals surface area contributed by atoms with Gasteiger partial charge in [-0.1, -0.05) is 42.5 Å². The van der Waals surface area contributed by atoms with E-state index < -0.39 is 0 Å². The monoisotopic (exact) mass is 442 g/mol. The van der Waals surface area contributed by atoms with E-state index in [1.165, 1.54) is 11.3 Å². The highest BCUT2D eigenvalue weighted by molar-refractivity contribution is 7.12. The van der Waals surface area contributed by atoms with Crippen molar-refractivity contribution in [3.8, 4) is 0 Å². The molecule has 0 fully saturated rings. The standard InChI is InChI=1S/C23H26N2O3S2/c1-28-13-7-12-24(23(27)21-11-6-15-30-21)18-22(26)25(17-20-10-5-14-29-20)16-19-8-3-2-4-9-19/h2-6,8-11,14-15H,7,12-13,16-18H2,1H3. The van der Waals surface area contributed by atoms with Crippen molar-refractivity contribution in [3.05, 3.63) is 80.7 Å². The van der Waals surface area contributed by atoms with Crippen LogP contribution in [0.15, 0.2) is 65.4 Å². The molecule has 0 radical (unpaired) electrons. The van der Waals surface area contributed by atoms with Gasteiger partial charge in [0.05, 0.1) is 11.4 Å². The number of carbonyl (C=O) groups excluding carboxylic acids is 2. The summed E-state index contributed by atoms with van der Waals surface area (Å²) in [5.74, 6) is -0.167. The summed E-state index contributed by atoms with van der Waals surface area (Å²) < 4.78 is 5.13. The summed E-state index contributed by atoms with van der Waals surface area (Å²) in [4.78, 5) is 31.5. The molecule has 0 aliphatic heterocycles. The van der Waals surface area contributed by atoms with Crippen molar-refractivity contribution >= 4 is 34.5 Å². The molecule has 2 amide bonds. The van der Waals surface area contributed by atoms with Crippen LogP contribution in [0.1, 0.15) is 26.5 Å². The fourth-order valence-electron chi connectivity index (χ4n) is 3.10. The van der Waals surface area contributed by atoms with Gasteiger partial charge in [0.15, 0.2) is 0 Å². The van der Waals surface area contributed by atoms with E-state index in [-0.39, 0.29) is 18.4 Å². The van der Waals surface area contributed by atoms with Gasteiger partial charge >= 0.3 is 0 Å². The lowest BCUT2D eigenvalue weighted by Gasteiger charge is -2.27. The molecular formula is C23H26N2O3S2. The average molecular weight is 443 g/mol. The van der Waals surface area contributed by atoms with E-state index in [9.17, 15) is 9.59 Å². The van der Waals surface area contributed by atoms with Crippen molar-refractivity contribution in [1.82, 2.24) is 9.80 Å². The molecule has 7 heteroatoms. The number of hydrogen-bond acceptors (Lipinski definition) is 5. The van der Waals surface area contributed by atoms with Crippen LogP contribution in [0.25, 0.3) is 0 Å². The first-order valence-corrected chi connectivity index (χ1v) is 11.6. The van der Waals surface area contributed by atoms with E-state index >= 15 is 0 Å². The summed E-state index contributed by atoms with van der Waals surface area (Å²) in [5.41, 5.74) is 1.07. The third-order valence-corrected chi connectivity index (χ3v) is 6.34. The van der Waals surface area contributed by atoms with Gasteiger partial charge in [0.2, 0.25) is 5.91 Å². The topological polar surface area (TPSA) is 49.9 Å². The Morgan fingerprint density at radius 2 is 1.67 bits per heavy atom. The number of methoxy groups -OCH3 is 1. The van der Waals surface area contributed by atoms with Crippen LogP contribution < -0.4 is 0 Å². The Bertz CT molecular complexity index is 896. The zero-order valence-corrected chi connectivity index (χ0v) is 18.7. The third-order valence-electron chi connectivity index (χ3n) is 4.62. The van der Waals surface area contributed by atoms with Crippen LogP contribution in [0.2, 0.25) is 0 Å². The van der Waals surface area contributed by atoms with Crippen molar-refractivity contribution in [3.63, 3.8) is 0 Å². The predicted octanol–water partition coefficient (Wildman–Crippen LogP) is 4.52. The second-order valence-corrected chi connectivity index (χ2v) is 8.85. The fourth-order valence-corrected chi connectivity index (χ4v) is 4.51. The summed E-state index contributed by atoms with van der Waals surface area (Å²) in [6.45, 7) is 2.12. The van der Waals surface area contributed by atoms with Crippen LogP contribution >= 0.6 is 22.7 Å². The lowest BCUT2D eigenvalue weighted by atomic mass is 10.2.